The van der Waals surface area contributed by atoms with E-state index in [4.69, 9.17) is 4.74 Å². The van der Waals surface area contributed by atoms with E-state index in [0.29, 0.717) is 17.5 Å². The molecule has 0 aliphatic carbocycles. The van der Waals surface area contributed by atoms with Gasteiger partial charge >= 0.3 is 5.97 Å². The van der Waals surface area contributed by atoms with E-state index in [0.717, 1.165) is 0 Å². The summed E-state index contributed by atoms with van der Waals surface area (Å²) < 4.78 is 5.00. The van der Waals surface area contributed by atoms with Gasteiger partial charge in [0.15, 0.2) is 11.9 Å². The maximum absolute atomic E-state index is 11.4. The first-order valence-corrected chi connectivity index (χ1v) is 4.56. The van der Waals surface area contributed by atoms with Gasteiger partial charge in [-0.2, -0.15) is 0 Å². The Morgan fingerprint density at radius 1 is 1.43 bits per heavy atom. The lowest BCUT2D eigenvalue weighted by Crippen LogP contribution is -2.10. The number of rotatable bonds is 2. The molecule has 0 spiro atoms. The van der Waals surface area contributed by atoms with Crippen molar-refractivity contribution in [2.45, 2.75) is 19.4 Å². The molecule has 0 radical (unpaired) electrons. The van der Waals surface area contributed by atoms with Gasteiger partial charge in [0.2, 0.25) is 0 Å². The average Bonchev–Trinajstić information content (AvgIpc) is 2.56. The van der Waals surface area contributed by atoms with Crippen molar-refractivity contribution in [3.05, 3.63) is 35.4 Å². The highest BCUT2D eigenvalue weighted by Crippen LogP contribution is 2.31. The zero-order chi connectivity index (χ0) is 10.1. The molecule has 0 fully saturated rings. The highest BCUT2D eigenvalue weighted by Gasteiger charge is 2.34. The van der Waals surface area contributed by atoms with Crippen molar-refractivity contribution in [1.82, 2.24) is 0 Å². The van der Waals surface area contributed by atoms with Crippen molar-refractivity contribution >= 4 is 11.8 Å². The van der Waals surface area contributed by atoms with Crippen LogP contribution in [0, 0.1) is 0 Å². The van der Waals surface area contributed by atoms with Crippen molar-refractivity contribution in [1.29, 1.82) is 0 Å². The van der Waals surface area contributed by atoms with Crippen LogP contribution in [0.5, 0.6) is 0 Å². The number of hydrogen-bond acceptors (Lipinski definition) is 3. The van der Waals surface area contributed by atoms with Gasteiger partial charge in [-0.05, 0) is 6.07 Å². The molecule has 14 heavy (non-hydrogen) atoms. The molecule has 0 N–H and O–H groups in total. The van der Waals surface area contributed by atoms with Crippen LogP contribution in [-0.2, 0) is 9.53 Å². The minimum absolute atomic E-state index is 0.0525. The number of carbonyl (C=O) groups is 2. The fourth-order valence-corrected chi connectivity index (χ4v) is 1.57. The largest absolute Gasteiger partial charge is 0.446 e. The number of ketones is 1. The van der Waals surface area contributed by atoms with E-state index in [1.807, 2.05) is 0 Å². The molecule has 1 aromatic carbocycles. The highest BCUT2D eigenvalue weighted by molar-refractivity contribution is 6.00. The predicted molar refractivity (Wildman–Crippen MR) is 49.9 cm³/mol. The summed E-state index contributed by atoms with van der Waals surface area (Å²) in [6, 6.07) is 7.01. The maximum Gasteiger partial charge on any atom is 0.339 e. The van der Waals surface area contributed by atoms with Crippen molar-refractivity contribution in [3.8, 4) is 0 Å². The van der Waals surface area contributed by atoms with E-state index < -0.39 is 12.1 Å². The molecule has 3 nitrogen and oxygen atoms in total. The minimum Gasteiger partial charge on any atom is -0.446 e. The van der Waals surface area contributed by atoms with Crippen LogP contribution in [0.4, 0.5) is 0 Å². The van der Waals surface area contributed by atoms with Gasteiger partial charge in [0.25, 0.3) is 0 Å². The molecule has 2 rings (SSSR count). The molecule has 0 amide bonds. The SMILES string of the molecule is CCC(=O)[C@@H]1OC(=O)c2ccccc21. The summed E-state index contributed by atoms with van der Waals surface area (Å²) in [5.74, 6) is -0.448. The lowest BCUT2D eigenvalue weighted by atomic mass is 10.0. The summed E-state index contributed by atoms with van der Waals surface area (Å²) in [5, 5.41) is 0. The topological polar surface area (TPSA) is 43.4 Å². The lowest BCUT2D eigenvalue weighted by molar-refractivity contribution is -0.127. The fraction of sp³-hybridized carbons (Fsp3) is 0.273. The molecule has 0 saturated heterocycles. The first-order valence-electron chi connectivity index (χ1n) is 4.56. The third-order valence-corrected chi connectivity index (χ3v) is 2.33. The molecule has 72 valence electrons. The third-order valence-electron chi connectivity index (χ3n) is 2.33. The standard InChI is InChI=1S/C11H10O3/c1-2-9(12)10-7-5-3-4-6-8(7)11(13)14-10/h3-6,10H,2H2,1H3/t10-/m1/s1. The van der Waals surface area contributed by atoms with E-state index >= 15 is 0 Å². The van der Waals surface area contributed by atoms with Gasteiger partial charge in [-0.25, -0.2) is 4.79 Å². The second-order valence-electron chi connectivity index (χ2n) is 3.19. The van der Waals surface area contributed by atoms with Gasteiger partial charge < -0.3 is 4.74 Å². The molecular formula is C11H10O3. The second kappa shape index (κ2) is 3.25. The van der Waals surface area contributed by atoms with Crippen LogP contribution in [0.15, 0.2) is 24.3 Å². The number of ether oxygens (including phenoxy) is 1. The van der Waals surface area contributed by atoms with Crippen LogP contribution in [0.1, 0.15) is 35.4 Å². The molecule has 0 saturated carbocycles. The van der Waals surface area contributed by atoms with Gasteiger partial charge in [0.05, 0.1) is 5.56 Å². The summed E-state index contributed by atoms with van der Waals surface area (Å²) >= 11 is 0. The van der Waals surface area contributed by atoms with E-state index in [1.54, 1.807) is 31.2 Å². The van der Waals surface area contributed by atoms with Crippen LogP contribution >= 0.6 is 0 Å². The Morgan fingerprint density at radius 3 is 2.86 bits per heavy atom. The molecule has 1 heterocycles. The van der Waals surface area contributed by atoms with Crippen molar-refractivity contribution in [2.24, 2.45) is 0 Å². The van der Waals surface area contributed by atoms with Crippen LogP contribution in [-0.4, -0.2) is 11.8 Å². The van der Waals surface area contributed by atoms with Gasteiger partial charge in [-0.3, -0.25) is 4.79 Å². The molecule has 1 aliphatic heterocycles. The molecule has 0 unspecified atom stereocenters. The van der Waals surface area contributed by atoms with E-state index in [2.05, 4.69) is 0 Å². The fourth-order valence-electron chi connectivity index (χ4n) is 1.57. The zero-order valence-electron chi connectivity index (χ0n) is 7.82. The summed E-state index contributed by atoms with van der Waals surface area (Å²) in [6.07, 6.45) is -0.296. The van der Waals surface area contributed by atoms with Crippen molar-refractivity contribution in [3.63, 3.8) is 0 Å². The molecule has 1 atom stereocenters. The van der Waals surface area contributed by atoms with E-state index in [-0.39, 0.29) is 5.78 Å². The Labute approximate surface area is 81.7 Å². The Hall–Kier alpha value is -1.64. The Morgan fingerprint density at radius 2 is 2.14 bits per heavy atom. The number of Topliss-reactive ketones (excluding diaryl/α,β-unsaturated/α-hetero) is 1. The smallest absolute Gasteiger partial charge is 0.339 e. The molecular weight excluding hydrogens is 180 g/mol. The Bertz CT molecular complexity index is 395. The summed E-state index contributed by atoms with van der Waals surface area (Å²) in [5.41, 5.74) is 1.21. The lowest BCUT2D eigenvalue weighted by Gasteiger charge is -2.06. The van der Waals surface area contributed by atoms with E-state index in [9.17, 15) is 9.59 Å². The minimum atomic E-state index is -0.677. The first kappa shape index (κ1) is 8.94. The van der Waals surface area contributed by atoms with Gasteiger partial charge in [-0.1, -0.05) is 25.1 Å². The monoisotopic (exact) mass is 190 g/mol. The number of benzene rings is 1. The van der Waals surface area contributed by atoms with Gasteiger partial charge in [-0.15, -0.1) is 0 Å². The molecule has 0 aromatic heterocycles. The third kappa shape index (κ3) is 1.21. The number of hydrogen-bond donors (Lipinski definition) is 0. The van der Waals surface area contributed by atoms with Crippen LogP contribution in [0.2, 0.25) is 0 Å². The summed E-state index contributed by atoms with van der Waals surface area (Å²) in [7, 11) is 0. The summed E-state index contributed by atoms with van der Waals surface area (Å²) in [6.45, 7) is 1.76. The van der Waals surface area contributed by atoms with Gasteiger partial charge in [0.1, 0.15) is 0 Å². The van der Waals surface area contributed by atoms with E-state index in [1.165, 1.54) is 0 Å². The molecule has 1 aliphatic rings. The quantitative estimate of drug-likeness (QED) is 0.669. The normalized spacial score (nSPS) is 18.9. The van der Waals surface area contributed by atoms with Crippen molar-refractivity contribution in [2.75, 3.05) is 0 Å². The Balaban J connectivity index is 2.44. The number of fused-ring (bicyclic) bond motifs is 1. The van der Waals surface area contributed by atoms with Crippen LogP contribution < -0.4 is 0 Å². The van der Waals surface area contributed by atoms with Crippen molar-refractivity contribution < 1.29 is 14.3 Å². The first-order chi connectivity index (χ1) is 6.74. The molecule has 3 heteroatoms. The zero-order valence-corrected chi connectivity index (χ0v) is 7.82. The number of esters is 1. The summed E-state index contributed by atoms with van der Waals surface area (Å²) in [4.78, 5) is 22.8. The molecule has 1 aromatic rings. The average molecular weight is 190 g/mol. The van der Waals surface area contributed by atoms with Gasteiger partial charge in [0, 0.05) is 12.0 Å². The predicted octanol–water partition coefficient (Wildman–Crippen LogP) is 1.88. The maximum atomic E-state index is 11.4. The highest BCUT2D eigenvalue weighted by atomic mass is 16.6. The van der Waals surface area contributed by atoms with Crippen LogP contribution in [0.25, 0.3) is 0 Å². The Kier molecular flexibility index (Phi) is 2.08. The van der Waals surface area contributed by atoms with Crippen LogP contribution in [0.3, 0.4) is 0 Å². The number of cyclic esters (lactones) is 1. The number of carbonyl (C=O) groups excluding carboxylic acids is 2. The molecule has 0 bridgehead atoms. The second-order valence-corrected chi connectivity index (χ2v) is 3.19.